The Hall–Kier alpha value is -6.64. The third-order valence-electron chi connectivity index (χ3n) is 10.1. The highest BCUT2D eigenvalue weighted by atomic mass is 14.7. The maximum Gasteiger partial charge on any atom is 0.0722 e. The van der Waals surface area contributed by atoms with Gasteiger partial charge in [0, 0.05) is 22.7 Å². The Labute approximate surface area is 290 Å². The average Bonchev–Trinajstić information content (AvgIpc) is 3.20. The molecule has 50 heavy (non-hydrogen) atoms. The number of aromatic nitrogens is 2. The lowest BCUT2D eigenvalue weighted by Gasteiger charge is -2.16. The van der Waals surface area contributed by atoms with Gasteiger partial charge in [0.25, 0.3) is 0 Å². The quantitative estimate of drug-likeness (QED) is 0.180. The number of rotatable bonds is 4. The normalized spacial score (nSPS) is 11.6. The summed E-state index contributed by atoms with van der Waals surface area (Å²) in [5.41, 5.74) is 9.77. The molecule has 0 unspecified atom stereocenters. The highest BCUT2D eigenvalue weighted by molar-refractivity contribution is 6.16. The van der Waals surface area contributed by atoms with Crippen molar-refractivity contribution in [2.24, 2.45) is 0 Å². The second-order valence-electron chi connectivity index (χ2n) is 13.0. The van der Waals surface area contributed by atoms with Crippen LogP contribution in [-0.4, -0.2) is 9.97 Å². The largest absolute Gasteiger partial charge is 0.256 e. The number of nitrogens with zero attached hydrogens (tertiary/aromatic N) is 2. The monoisotopic (exact) mass is 634 g/mol. The second-order valence-corrected chi connectivity index (χ2v) is 13.0. The van der Waals surface area contributed by atoms with E-state index in [4.69, 9.17) is 4.98 Å². The van der Waals surface area contributed by atoms with Crippen LogP contribution in [0.25, 0.3) is 98.8 Å². The molecule has 0 amide bonds. The summed E-state index contributed by atoms with van der Waals surface area (Å²) in [4.78, 5) is 10.1. The van der Waals surface area contributed by atoms with Crippen molar-refractivity contribution in [1.29, 1.82) is 0 Å². The zero-order valence-electron chi connectivity index (χ0n) is 27.2. The molecule has 0 aliphatic rings. The van der Waals surface area contributed by atoms with Crippen molar-refractivity contribution in [1.82, 2.24) is 9.97 Å². The fraction of sp³-hybridized carbons (Fsp3) is 0. The second kappa shape index (κ2) is 11.5. The van der Waals surface area contributed by atoms with E-state index in [9.17, 15) is 0 Å². The average molecular weight is 635 g/mol. The number of hydrogen-bond acceptors (Lipinski definition) is 2. The van der Waals surface area contributed by atoms with E-state index in [1.165, 1.54) is 54.2 Å². The van der Waals surface area contributed by atoms with Gasteiger partial charge in [0.05, 0.1) is 16.9 Å². The molecule has 2 heteroatoms. The van der Waals surface area contributed by atoms with Crippen LogP contribution in [0.2, 0.25) is 0 Å². The first-order valence-corrected chi connectivity index (χ1v) is 17.1. The van der Waals surface area contributed by atoms with E-state index in [2.05, 4.69) is 169 Å². The fourth-order valence-electron chi connectivity index (χ4n) is 7.71. The Bertz CT molecular complexity index is 2920. The zero-order valence-corrected chi connectivity index (χ0v) is 27.2. The standard InChI is InChI=1S/C48H30N2/c1-3-16-36-32(12-1)27-42(40-20-7-5-18-38(36)40)34-23-24-47-45(29-34)43(31-14-11-15-35(26-31)46-22-9-10-25-49-46)30-48(50-47)44-28-33-13-2-4-17-37(33)39-19-6-8-21-41(39)44/h1-30H. The zero-order chi connectivity index (χ0) is 33.0. The van der Waals surface area contributed by atoms with Crippen LogP contribution in [0.4, 0.5) is 0 Å². The molecular weight excluding hydrogens is 605 g/mol. The Morgan fingerprint density at radius 1 is 0.300 bits per heavy atom. The topological polar surface area (TPSA) is 25.8 Å². The molecule has 0 spiro atoms. The summed E-state index contributed by atoms with van der Waals surface area (Å²) in [7, 11) is 0. The lowest BCUT2D eigenvalue weighted by Crippen LogP contribution is -1.93. The minimum atomic E-state index is 0.955. The van der Waals surface area contributed by atoms with Crippen LogP contribution in [0.1, 0.15) is 0 Å². The Morgan fingerprint density at radius 2 is 0.860 bits per heavy atom. The molecule has 0 saturated carbocycles. The molecule has 2 nitrogen and oxygen atoms in total. The van der Waals surface area contributed by atoms with Gasteiger partial charge >= 0.3 is 0 Å². The van der Waals surface area contributed by atoms with E-state index in [1.807, 2.05) is 18.3 Å². The Morgan fingerprint density at radius 3 is 1.56 bits per heavy atom. The van der Waals surface area contributed by atoms with Gasteiger partial charge in [-0.2, -0.15) is 0 Å². The highest BCUT2D eigenvalue weighted by Gasteiger charge is 2.16. The third kappa shape index (κ3) is 4.65. The molecule has 10 aromatic rings. The molecule has 10 rings (SSSR count). The minimum Gasteiger partial charge on any atom is -0.256 e. The van der Waals surface area contributed by atoms with Gasteiger partial charge in [-0.05, 0) is 114 Å². The predicted molar refractivity (Wildman–Crippen MR) is 211 cm³/mol. The lowest BCUT2D eigenvalue weighted by atomic mass is 9.90. The molecule has 0 saturated heterocycles. The van der Waals surface area contributed by atoms with Crippen LogP contribution < -0.4 is 0 Å². The summed E-state index contributed by atoms with van der Waals surface area (Å²) in [6.07, 6.45) is 1.85. The smallest absolute Gasteiger partial charge is 0.0722 e. The van der Waals surface area contributed by atoms with E-state index in [-0.39, 0.29) is 0 Å². The molecule has 0 aliphatic heterocycles. The van der Waals surface area contributed by atoms with E-state index in [1.54, 1.807) is 0 Å². The Kier molecular flexibility index (Phi) is 6.53. The van der Waals surface area contributed by atoms with Gasteiger partial charge in [0.2, 0.25) is 0 Å². The maximum atomic E-state index is 5.40. The maximum absolute atomic E-state index is 5.40. The summed E-state index contributed by atoms with van der Waals surface area (Å²) >= 11 is 0. The molecule has 2 aromatic heterocycles. The SMILES string of the molecule is c1ccc(-c2cccc(-c3cc(-c4cc5ccccc5c5ccccc45)nc4ccc(-c5cc6ccccc6c6ccccc56)cc34)c2)nc1. The Balaban J connectivity index is 1.26. The molecule has 0 fully saturated rings. The molecule has 232 valence electrons. The first-order valence-electron chi connectivity index (χ1n) is 17.1. The molecule has 0 aliphatic carbocycles. The first kappa shape index (κ1) is 28.4. The van der Waals surface area contributed by atoms with Crippen molar-refractivity contribution in [3.63, 3.8) is 0 Å². The summed E-state index contributed by atoms with van der Waals surface area (Å²) in [6.45, 7) is 0. The summed E-state index contributed by atoms with van der Waals surface area (Å²) < 4.78 is 0. The van der Waals surface area contributed by atoms with Gasteiger partial charge in [-0.3, -0.25) is 4.98 Å². The molecule has 2 heterocycles. The number of pyridine rings is 2. The first-order chi connectivity index (χ1) is 24.8. The van der Waals surface area contributed by atoms with Gasteiger partial charge < -0.3 is 0 Å². The molecule has 0 atom stereocenters. The number of fused-ring (bicyclic) bond motifs is 7. The minimum absolute atomic E-state index is 0.955. The highest BCUT2D eigenvalue weighted by Crippen LogP contribution is 2.41. The van der Waals surface area contributed by atoms with Crippen molar-refractivity contribution in [2.75, 3.05) is 0 Å². The van der Waals surface area contributed by atoms with Crippen molar-refractivity contribution in [3.05, 3.63) is 182 Å². The molecule has 8 aromatic carbocycles. The van der Waals surface area contributed by atoms with E-state index >= 15 is 0 Å². The van der Waals surface area contributed by atoms with Crippen LogP contribution in [0.5, 0.6) is 0 Å². The van der Waals surface area contributed by atoms with Gasteiger partial charge in [-0.25, -0.2) is 4.98 Å². The van der Waals surface area contributed by atoms with Gasteiger partial charge in [0.15, 0.2) is 0 Å². The summed E-state index contributed by atoms with van der Waals surface area (Å²) in [6, 6.07) is 63.3. The summed E-state index contributed by atoms with van der Waals surface area (Å²) in [5.74, 6) is 0. The van der Waals surface area contributed by atoms with Crippen LogP contribution in [0.15, 0.2) is 182 Å². The third-order valence-corrected chi connectivity index (χ3v) is 10.1. The van der Waals surface area contributed by atoms with Crippen molar-refractivity contribution in [2.45, 2.75) is 0 Å². The molecule has 0 radical (unpaired) electrons. The van der Waals surface area contributed by atoms with E-state index in [0.29, 0.717) is 0 Å². The van der Waals surface area contributed by atoms with Gasteiger partial charge in [-0.1, -0.05) is 127 Å². The van der Waals surface area contributed by atoms with Crippen LogP contribution in [-0.2, 0) is 0 Å². The molecule has 0 N–H and O–H groups in total. The van der Waals surface area contributed by atoms with Crippen molar-refractivity contribution < 1.29 is 0 Å². The number of hydrogen-bond donors (Lipinski definition) is 0. The van der Waals surface area contributed by atoms with Crippen LogP contribution in [0, 0.1) is 0 Å². The van der Waals surface area contributed by atoms with Crippen molar-refractivity contribution in [3.8, 4) is 44.8 Å². The number of benzene rings is 8. The van der Waals surface area contributed by atoms with E-state index < -0.39 is 0 Å². The van der Waals surface area contributed by atoms with Crippen LogP contribution >= 0.6 is 0 Å². The molecule has 0 bridgehead atoms. The summed E-state index contributed by atoms with van der Waals surface area (Å²) in [5, 5.41) is 11.0. The van der Waals surface area contributed by atoms with Crippen LogP contribution in [0.3, 0.4) is 0 Å². The van der Waals surface area contributed by atoms with Gasteiger partial charge in [-0.15, -0.1) is 0 Å². The molecular formula is C48H30N2. The van der Waals surface area contributed by atoms with Gasteiger partial charge in [0.1, 0.15) is 0 Å². The predicted octanol–water partition coefficient (Wildman–Crippen LogP) is 12.9. The van der Waals surface area contributed by atoms with Crippen molar-refractivity contribution >= 4 is 54.0 Å². The fourth-order valence-corrected chi connectivity index (χ4v) is 7.71. The van der Waals surface area contributed by atoms with E-state index in [0.717, 1.165) is 44.5 Å². The lowest BCUT2D eigenvalue weighted by molar-refractivity contribution is 1.33.